The van der Waals surface area contributed by atoms with Crippen LogP contribution in [0.2, 0.25) is 0 Å². The van der Waals surface area contributed by atoms with Gasteiger partial charge in [0.2, 0.25) is 17.6 Å². The minimum absolute atomic E-state index is 0.000263. The minimum Gasteiger partial charge on any atom is -0.366 e. The fourth-order valence-corrected chi connectivity index (χ4v) is 3.35. The largest absolute Gasteiger partial charge is 0.366 e. The van der Waals surface area contributed by atoms with E-state index in [1.54, 1.807) is 35.2 Å². The Morgan fingerprint density at radius 1 is 1.00 bits per heavy atom. The van der Waals surface area contributed by atoms with E-state index in [1.165, 1.54) is 18.2 Å². The molecule has 0 atom stereocenters. The van der Waals surface area contributed by atoms with Crippen molar-refractivity contribution in [3.8, 4) is 11.4 Å². The molecule has 0 spiro atoms. The van der Waals surface area contributed by atoms with Gasteiger partial charge >= 0.3 is 0 Å². The van der Waals surface area contributed by atoms with Gasteiger partial charge in [-0.3, -0.25) is 4.79 Å². The number of nitrogens with zero attached hydrogens (tertiary/aromatic N) is 4. The molecule has 4 rings (SSSR count). The molecule has 0 radical (unpaired) electrons. The number of piperazine rings is 1. The second kappa shape index (κ2) is 8.38. The average Bonchev–Trinajstić information content (AvgIpc) is 3.22. The zero-order valence-corrected chi connectivity index (χ0v) is 15.7. The smallest absolute Gasteiger partial charge is 0.227 e. The highest BCUT2D eigenvalue weighted by molar-refractivity contribution is 5.76. The van der Waals surface area contributed by atoms with Crippen LogP contribution in [-0.2, 0) is 11.2 Å². The van der Waals surface area contributed by atoms with Crippen LogP contribution in [0.15, 0.2) is 53.1 Å². The molecule has 29 heavy (non-hydrogen) atoms. The normalized spacial score (nSPS) is 14.3. The molecular weight excluding hydrogens is 378 g/mol. The molecule has 0 bridgehead atoms. The number of para-hydroxylation sites is 1. The van der Waals surface area contributed by atoms with Crippen molar-refractivity contribution in [1.82, 2.24) is 15.0 Å². The van der Waals surface area contributed by atoms with E-state index in [0.717, 1.165) is 0 Å². The van der Waals surface area contributed by atoms with Crippen molar-refractivity contribution in [3.63, 3.8) is 0 Å². The number of halogens is 2. The monoisotopic (exact) mass is 398 g/mol. The standard InChI is InChI=1S/C21H20F2N4O2/c22-16-7-5-15(6-8-16)21-24-19(29-25-21)9-10-20(28)27-13-11-26(12-14-27)18-4-2-1-3-17(18)23/h1-8H,9-14H2. The van der Waals surface area contributed by atoms with Crippen LogP contribution < -0.4 is 4.90 Å². The zero-order valence-electron chi connectivity index (χ0n) is 15.7. The van der Waals surface area contributed by atoms with Crippen LogP contribution in [0.25, 0.3) is 11.4 Å². The molecule has 150 valence electrons. The average molecular weight is 398 g/mol. The van der Waals surface area contributed by atoms with Gasteiger partial charge in [-0.2, -0.15) is 4.98 Å². The number of benzene rings is 2. The van der Waals surface area contributed by atoms with E-state index in [1.807, 2.05) is 4.90 Å². The predicted octanol–water partition coefficient (Wildman–Crippen LogP) is 3.30. The van der Waals surface area contributed by atoms with E-state index in [2.05, 4.69) is 10.1 Å². The molecule has 1 aliphatic heterocycles. The number of carbonyl (C=O) groups is 1. The summed E-state index contributed by atoms with van der Waals surface area (Å²) in [5.74, 6) is 0.145. The molecule has 1 amide bonds. The van der Waals surface area contributed by atoms with Crippen molar-refractivity contribution in [2.75, 3.05) is 31.1 Å². The number of rotatable bonds is 5. The van der Waals surface area contributed by atoms with Gasteiger partial charge in [0.1, 0.15) is 11.6 Å². The van der Waals surface area contributed by atoms with Crippen molar-refractivity contribution >= 4 is 11.6 Å². The fraction of sp³-hybridized carbons (Fsp3) is 0.286. The van der Waals surface area contributed by atoms with Crippen LogP contribution >= 0.6 is 0 Å². The van der Waals surface area contributed by atoms with Crippen LogP contribution in [0.4, 0.5) is 14.5 Å². The molecule has 0 unspecified atom stereocenters. The van der Waals surface area contributed by atoms with Gasteiger partial charge in [0.25, 0.3) is 0 Å². The highest BCUT2D eigenvalue weighted by atomic mass is 19.1. The van der Waals surface area contributed by atoms with Crippen LogP contribution in [-0.4, -0.2) is 47.1 Å². The zero-order chi connectivity index (χ0) is 20.2. The molecule has 1 fully saturated rings. The molecule has 0 saturated carbocycles. The number of amides is 1. The molecule has 2 heterocycles. The lowest BCUT2D eigenvalue weighted by Crippen LogP contribution is -2.49. The molecule has 0 N–H and O–H groups in total. The molecule has 3 aromatic rings. The Morgan fingerprint density at radius 2 is 1.72 bits per heavy atom. The quantitative estimate of drug-likeness (QED) is 0.660. The first-order valence-electron chi connectivity index (χ1n) is 9.46. The van der Waals surface area contributed by atoms with Crippen LogP contribution in [0.1, 0.15) is 12.3 Å². The van der Waals surface area contributed by atoms with Crippen molar-refractivity contribution < 1.29 is 18.1 Å². The lowest BCUT2D eigenvalue weighted by atomic mass is 10.2. The lowest BCUT2D eigenvalue weighted by molar-refractivity contribution is -0.131. The maximum absolute atomic E-state index is 13.9. The van der Waals surface area contributed by atoms with Gasteiger partial charge in [-0.25, -0.2) is 8.78 Å². The molecule has 8 heteroatoms. The van der Waals surface area contributed by atoms with Crippen molar-refractivity contribution in [3.05, 3.63) is 66.1 Å². The third-order valence-corrected chi connectivity index (χ3v) is 4.95. The first-order valence-corrected chi connectivity index (χ1v) is 9.46. The van der Waals surface area contributed by atoms with E-state index in [4.69, 9.17) is 4.52 Å². The third-order valence-electron chi connectivity index (χ3n) is 4.95. The van der Waals surface area contributed by atoms with Crippen LogP contribution in [0, 0.1) is 11.6 Å². The third kappa shape index (κ3) is 4.42. The number of aryl methyl sites for hydroxylation is 1. The summed E-state index contributed by atoms with van der Waals surface area (Å²) in [5.41, 5.74) is 1.22. The summed E-state index contributed by atoms with van der Waals surface area (Å²) in [4.78, 5) is 20.5. The van der Waals surface area contributed by atoms with Gasteiger partial charge < -0.3 is 14.3 Å². The first-order chi connectivity index (χ1) is 14.1. The summed E-state index contributed by atoms with van der Waals surface area (Å²) >= 11 is 0. The summed E-state index contributed by atoms with van der Waals surface area (Å²) in [6.45, 7) is 2.25. The number of aromatic nitrogens is 2. The minimum atomic E-state index is -0.335. The Balaban J connectivity index is 1.29. The van der Waals surface area contributed by atoms with Gasteiger partial charge in [-0.1, -0.05) is 17.3 Å². The lowest BCUT2D eigenvalue weighted by Gasteiger charge is -2.36. The van der Waals surface area contributed by atoms with Crippen LogP contribution in [0.3, 0.4) is 0 Å². The Hall–Kier alpha value is -3.29. The van der Waals surface area contributed by atoms with Crippen molar-refractivity contribution in [2.24, 2.45) is 0 Å². The first kappa shape index (κ1) is 19.0. The summed E-state index contributed by atoms with van der Waals surface area (Å²) in [5, 5.41) is 3.88. The molecule has 6 nitrogen and oxygen atoms in total. The van der Waals surface area contributed by atoms with E-state index < -0.39 is 0 Å². The number of hydrogen-bond donors (Lipinski definition) is 0. The Labute approximate surface area is 166 Å². The SMILES string of the molecule is O=C(CCc1nc(-c2ccc(F)cc2)no1)N1CCN(c2ccccc2F)CC1. The Bertz CT molecular complexity index is 982. The van der Waals surface area contributed by atoms with Crippen LogP contribution in [0.5, 0.6) is 0 Å². The maximum Gasteiger partial charge on any atom is 0.227 e. The van der Waals surface area contributed by atoms with Gasteiger partial charge in [0.05, 0.1) is 5.69 Å². The van der Waals surface area contributed by atoms with Gasteiger partial charge in [0.15, 0.2) is 0 Å². The number of hydrogen-bond acceptors (Lipinski definition) is 5. The number of carbonyl (C=O) groups excluding carboxylic acids is 1. The van der Waals surface area contributed by atoms with Gasteiger partial charge in [-0.05, 0) is 36.4 Å². The van der Waals surface area contributed by atoms with E-state index in [0.29, 0.717) is 55.6 Å². The molecule has 1 aromatic heterocycles. The fourth-order valence-electron chi connectivity index (χ4n) is 3.35. The van der Waals surface area contributed by atoms with Crippen molar-refractivity contribution in [2.45, 2.75) is 12.8 Å². The summed E-state index contributed by atoms with van der Waals surface area (Å²) in [7, 11) is 0. The van der Waals surface area contributed by atoms with Crippen molar-refractivity contribution in [1.29, 1.82) is 0 Å². The number of anilines is 1. The predicted molar refractivity (Wildman–Crippen MR) is 103 cm³/mol. The molecule has 0 aliphatic carbocycles. The molecule has 2 aromatic carbocycles. The Morgan fingerprint density at radius 3 is 2.45 bits per heavy atom. The topological polar surface area (TPSA) is 62.5 Å². The maximum atomic E-state index is 13.9. The van der Waals surface area contributed by atoms with Gasteiger partial charge in [0, 0.05) is 44.6 Å². The van der Waals surface area contributed by atoms with Gasteiger partial charge in [-0.15, -0.1) is 0 Å². The second-order valence-corrected chi connectivity index (χ2v) is 6.84. The Kier molecular flexibility index (Phi) is 5.50. The summed E-state index contributed by atoms with van der Waals surface area (Å²) < 4.78 is 32.1. The molecule has 1 saturated heterocycles. The second-order valence-electron chi connectivity index (χ2n) is 6.84. The summed E-state index contributed by atoms with van der Waals surface area (Å²) in [6.07, 6.45) is 0.589. The van der Waals surface area contributed by atoms with E-state index >= 15 is 0 Å². The molecular formula is C21H20F2N4O2. The summed E-state index contributed by atoms with van der Waals surface area (Å²) in [6, 6.07) is 12.5. The molecule has 1 aliphatic rings. The highest BCUT2D eigenvalue weighted by Gasteiger charge is 2.23. The van der Waals surface area contributed by atoms with E-state index in [-0.39, 0.29) is 24.0 Å². The highest BCUT2D eigenvalue weighted by Crippen LogP contribution is 2.21. The van der Waals surface area contributed by atoms with E-state index in [9.17, 15) is 13.6 Å².